The molecule has 3 aliphatic rings. The minimum Gasteiger partial charge on any atom is -0.394 e. The Hall–Kier alpha value is -3.29. The highest BCUT2D eigenvalue weighted by Gasteiger charge is 2.53. The maximum absolute atomic E-state index is 10.7. The molecular weight excluding hydrogens is 759 g/mol. The van der Waals surface area contributed by atoms with Gasteiger partial charge in [0.1, 0.15) is 45.6 Å². The lowest BCUT2D eigenvalue weighted by Crippen LogP contribution is -2.64. The van der Waals surface area contributed by atoms with Crippen LogP contribution in [0.4, 0.5) is 0 Å². The van der Waals surface area contributed by atoms with Crippen molar-refractivity contribution in [2.75, 3.05) is 6.61 Å². The molecule has 3 saturated heterocycles. The van der Waals surface area contributed by atoms with Gasteiger partial charge in [-0.2, -0.15) is 19.2 Å². The Morgan fingerprint density at radius 2 is 1.18 bits per heavy atom. The van der Waals surface area contributed by atoms with Gasteiger partial charge >= 0.3 is 12.3 Å². The molecule has 1 N–H and O–H groups in total. The molecule has 4 radical (unpaired) electrons. The van der Waals surface area contributed by atoms with Crippen LogP contribution in [0.1, 0.15) is 52.7 Å². The molecule has 0 saturated carbocycles. The molecule has 0 amide bonds. The average molecular weight is 809 g/mol. The van der Waals surface area contributed by atoms with Crippen LogP contribution in [-0.2, 0) is 70.1 Å². The Morgan fingerprint density at radius 3 is 1.68 bits per heavy atom. The van der Waals surface area contributed by atoms with Gasteiger partial charge in [0.05, 0.1) is 50.3 Å². The number of aliphatic hydroxyl groups excluding tert-OH is 1. The van der Waals surface area contributed by atoms with Gasteiger partial charge in [0.2, 0.25) is 0 Å². The van der Waals surface area contributed by atoms with Crippen LogP contribution in [0.5, 0.6) is 0 Å². The van der Waals surface area contributed by atoms with Crippen molar-refractivity contribution in [3.05, 3.63) is 82.2 Å². The van der Waals surface area contributed by atoms with Gasteiger partial charge in [0.25, 0.3) is 0 Å². The van der Waals surface area contributed by atoms with E-state index in [4.69, 9.17) is 72.0 Å². The Balaban J connectivity index is 0.00000136. The van der Waals surface area contributed by atoms with Crippen molar-refractivity contribution in [3.63, 3.8) is 0 Å². The zero-order valence-corrected chi connectivity index (χ0v) is 33.7. The minimum absolute atomic E-state index is 0.0551. The van der Waals surface area contributed by atoms with Gasteiger partial charge in [0, 0.05) is 22.7 Å². The van der Waals surface area contributed by atoms with E-state index in [9.17, 15) is 10.6 Å². The zero-order valence-electron chi connectivity index (χ0n) is 32.8. The number of hydrogen-bond donors (Lipinski definition) is 1. The normalized spacial score (nSPS) is 34.8. The summed E-state index contributed by atoms with van der Waals surface area (Å²) in [5, 5.41) is 14.8. The molecule has 0 aromatic heterocycles. The Morgan fingerprint density at radius 1 is 0.684 bits per heavy atom. The summed E-state index contributed by atoms with van der Waals surface area (Å²) in [5.74, 6) is -0.237. The summed E-state index contributed by atoms with van der Waals surface area (Å²) in [7, 11) is 10.1. The molecular formula is C38H50B2N3O13P. The van der Waals surface area contributed by atoms with Gasteiger partial charge in [-0.25, -0.2) is 0 Å². The van der Waals surface area contributed by atoms with E-state index in [-0.39, 0.29) is 48.4 Å². The minimum atomic E-state index is -1.97. The van der Waals surface area contributed by atoms with Crippen molar-refractivity contribution in [2.24, 2.45) is 22.9 Å². The molecule has 3 heterocycles. The summed E-state index contributed by atoms with van der Waals surface area (Å²) in [6.07, 6.45) is -6.55. The van der Waals surface area contributed by atoms with Crippen molar-refractivity contribution in [1.82, 2.24) is 0 Å². The first-order valence-electron chi connectivity index (χ1n) is 18.5. The topological polar surface area (TPSA) is 211 Å². The number of aliphatic hydroxyl groups is 1. The average Bonchev–Trinajstić information content (AvgIpc) is 3.18. The fourth-order valence-corrected chi connectivity index (χ4v) is 7.75. The molecule has 5 rings (SSSR count). The molecule has 8 unspecified atom stereocenters. The molecule has 3 aliphatic heterocycles. The third kappa shape index (κ3) is 13.6. The Labute approximate surface area is 336 Å². The van der Waals surface area contributed by atoms with E-state index >= 15 is 0 Å². The van der Waals surface area contributed by atoms with Crippen molar-refractivity contribution in [3.8, 4) is 0 Å². The fourth-order valence-electron chi connectivity index (χ4n) is 7.23. The van der Waals surface area contributed by atoms with Crippen LogP contribution in [-0.4, -0.2) is 113 Å². The fraction of sp³-hybridized carbons (Fsp3) is 0.632. The zero-order chi connectivity index (χ0) is 42.1. The lowest BCUT2D eigenvalue weighted by atomic mass is 9.86. The van der Waals surface area contributed by atoms with E-state index < -0.39 is 69.8 Å². The summed E-state index contributed by atoms with van der Waals surface area (Å²) in [5.41, 5.74) is 11.8. The second kappa shape index (κ2) is 24.6. The van der Waals surface area contributed by atoms with E-state index in [0.717, 1.165) is 11.1 Å². The molecule has 2 aromatic rings. The van der Waals surface area contributed by atoms with E-state index in [1.807, 2.05) is 95.3 Å². The van der Waals surface area contributed by atoms with Gasteiger partial charge in [-0.05, 0) is 37.4 Å². The maximum Gasteiger partial charge on any atom is 0.373 e. The van der Waals surface area contributed by atoms with Gasteiger partial charge in [-0.3, -0.25) is 0 Å². The molecule has 306 valence electrons. The predicted octanol–water partition coefficient (Wildman–Crippen LogP) is 4.57. The highest BCUT2D eigenvalue weighted by Crippen LogP contribution is 2.41. The van der Waals surface area contributed by atoms with E-state index in [2.05, 4.69) is 16.9 Å². The number of rotatable bonds is 14. The Bertz CT molecular complexity index is 1580. The summed E-state index contributed by atoms with van der Waals surface area (Å²) < 4.78 is 51.3. The molecule has 19 heteroatoms. The first-order valence-corrected chi connectivity index (χ1v) is 19.9. The first-order chi connectivity index (χ1) is 27.3. The number of ether oxygens (including phenoxy) is 7. The lowest BCUT2D eigenvalue weighted by molar-refractivity contribution is -0.344. The standard InChI is InChI=1S/C36H50B2N3O9P.2CO2/c1-20-24(5)46-35(22(3)30(20)43-18-26-13-9-7-10-14-26)49-33-28(17-42)47-36(29(40-41-39)34(33)50-51(37)38)48-32-25(6)45-23(4)21(2)31(32)44-19-27-15-11-8-12-16-27;2*2-1-3/h7-16,20-25,28-36,42H,17-19H2,1-6H3;;/t20?,21?,22?,23-,24?,25?,28?,29?,30+,31-,32?,33+,34+,35-,36+;;/m0../s1. The monoisotopic (exact) mass is 809 g/mol. The van der Waals surface area contributed by atoms with Gasteiger partial charge < -0.3 is 42.8 Å². The van der Waals surface area contributed by atoms with Crippen molar-refractivity contribution in [2.45, 2.75) is 128 Å². The number of benzene rings is 2. The van der Waals surface area contributed by atoms with Crippen LogP contribution < -0.4 is 0 Å². The van der Waals surface area contributed by atoms with Crippen molar-refractivity contribution < 1.29 is 62.0 Å². The third-order valence-corrected chi connectivity index (χ3v) is 10.9. The molecule has 57 heavy (non-hydrogen) atoms. The van der Waals surface area contributed by atoms with Crippen LogP contribution in [0.3, 0.4) is 0 Å². The van der Waals surface area contributed by atoms with Crippen molar-refractivity contribution in [1.29, 1.82) is 0 Å². The molecule has 15 atom stereocenters. The molecule has 3 fully saturated rings. The summed E-state index contributed by atoms with van der Waals surface area (Å²) in [6.45, 7) is 12.3. The maximum atomic E-state index is 10.7. The van der Waals surface area contributed by atoms with E-state index in [1.165, 1.54) is 0 Å². The highest BCUT2D eigenvalue weighted by molar-refractivity contribution is 7.97. The Kier molecular flexibility index (Phi) is 20.7. The van der Waals surface area contributed by atoms with E-state index in [0.29, 0.717) is 13.2 Å². The van der Waals surface area contributed by atoms with Crippen LogP contribution in [0.2, 0.25) is 0 Å². The number of carbonyl (C=O) groups excluding carboxylic acids is 4. The second-order valence-electron chi connectivity index (χ2n) is 14.1. The predicted molar refractivity (Wildman–Crippen MR) is 204 cm³/mol. The quantitative estimate of drug-likeness (QED) is 0.0913. The lowest BCUT2D eigenvalue weighted by Gasteiger charge is -2.50. The van der Waals surface area contributed by atoms with E-state index in [1.54, 1.807) is 0 Å². The summed E-state index contributed by atoms with van der Waals surface area (Å²) in [4.78, 5) is 35.6. The highest BCUT2D eigenvalue weighted by atomic mass is 31.1. The smallest absolute Gasteiger partial charge is 0.373 e. The van der Waals surface area contributed by atoms with Crippen LogP contribution in [0.25, 0.3) is 10.4 Å². The molecule has 0 bridgehead atoms. The summed E-state index contributed by atoms with van der Waals surface area (Å²) >= 11 is 0. The SMILES string of the molecule is O=C=O.O=C=O.[B]P([B])O[C@@H]1C(N=[N+]=[N-])[C@@H](OC2C(C)O[C@@H](C)C(C)[C@@H]2OCc2ccccc2)OC(CO)[C@H]1O[C@@H]1OC(C)C(C)[C@@H](OCc2ccccc2)C1C. The largest absolute Gasteiger partial charge is 0.394 e. The first kappa shape index (κ1) is 48.1. The van der Waals surface area contributed by atoms with Gasteiger partial charge in [0.15, 0.2) is 12.6 Å². The molecule has 2 aromatic carbocycles. The molecule has 16 nitrogen and oxygen atoms in total. The number of hydrogen-bond acceptors (Lipinski definition) is 14. The van der Waals surface area contributed by atoms with Crippen LogP contribution in [0, 0.1) is 17.8 Å². The van der Waals surface area contributed by atoms with Crippen LogP contribution in [0.15, 0.2) is 65.8 Å². The number of azide groups is 1. The number of nitrogens with zero attached hydrogens (tertiary/aromatic N) is 3. The molecule has 0 spiro atoms. The second-order valence-corrected chi connectivity index (χ2v) is 15.0. The summed E-state index contributed by atoms with van der Waals surface area (Å²) in [6, 6.07) is 18.7. The van der Waals surface area contributed by atoms with Gasteiger partial charge in [-0.1, -0.05) is 94.5 Å². The third-order valence-electron chi connectivity index (χ3n) is 10.4. The molecule has 0 aliphatic carbocycles. The van der Waals surface area contributed by atoms with Crippen molar-refractivity contribution >= 4 is 35.3 Å². The van der Waals surface area contributed by atoms with Gasteiger partial charge in [-0.15, -0.1) is 0 Å². The van der Waals surface area contributed by atoms with Crippen LogP contribution >= 0.6 is 7.91 Å².